The van der Waals surface area contributed by atoms with Crippen LogP contribution in [0.2, 0.25) is 0 Å². The number of hydrogen-bond donors (Lipinski definition) is 1. The Balaban J connectivity index is 4.08. The standard InChI is InChI=1S/C31H62NO8P/c1-6-7-8-9-10-11-12-13-14-15-16-17-18-19-20-21-24-38-25-22-23-29(40-41(35,36)37)30(27-32(3,4)5)39-31(34)26-28(2)33/h29-30H,6-27H2,1-5H3,(H-,35,36,37). The zero-order valence-corrected chi connectivity index (χ0v) is 27.8. The van der Waals surface area contributed by atoms with Crippen LogP contribution in [0.3, 0.4) is 0 Å². The summed E-state index contributed by atoms with van der Waals surface area (Å²) in [6, 6.07) is 0. The summed E-state index contributed by atoms with van der Waals surface area (Å²) in [6.45, 7) is 4.83. The van der Waals surface area contributed by atoms with Crippen LogP contribution >= 0.6 is 7.82 Å². The average Bonchev–Trinajstić information content (AvgIpc) is 2.84. The van der Waals surface area contributed by atoms with Gasteiger partial charge in [0.05, 0.1) is 21.1 Å². The number of hydrogen-bond acceptors (Lipinski definition) is 7. The van der Waals surface area contributed by atoms with Gasteiger partial charge in [-0.15, -0.1) is 0 Å². The van der Waals surface area contributed by atoms with Gasteiger partial charge in [0, 0.05) is 13.2 Å². The number of quaternary nitrogens is 1. The summed E-state index contributed by atoms with van der Waals surface area (Å²) in [6.07, 6.45) is 19.3. The Morgan fingerprint density at radius 1 is 0.756 bits per heavy atom. The van der Waals surface area contributed by atoms with Gasteiger partial charge in [-0.1, -0.05) is 103 Å². The molecule has 0 aromatic rings. The summed E-state index contributed by atoms with van der Waals surface area (Å²) in [4.78, 5) is 44.3. The summed E-state index contributed by atoms with van der Waals surface area (Å²) in [5.41, 5.74) is 0. The van der Waals surface area contributed by atoms with Gasteiger partial charge in [0.1, 0.15) is 24.9 Å². The van der Waals surface area contributed by atoms with Crippen molar-refractivity contribution in [3.63, 3.8) is 0 Å². The van der Waals surface area contributed by atoms with E-state index in [9.17, 15) is 23.9 Å². The second-order valence-electron chi connectivity index (χ2n) is 12.6. The molecule has 9 nitrogen and oxygen atoms in total. The van der Waals surface area contributed by atoms with Crippen molar-refractivity contribution in [1.29, 1.82) is 0 Å². The molecule has 0 saturated carbocycles. The number of unbranched alkanes of at least 4 members (excludes halogenated alkanes) is 15. The Labute approximate surface area is 250 Å². The normalized spacial score (nSPS) is 14.9. The van der Waals surface area contributed by atoms with Crippen LogP contribution in [0.25, 0.3) is 0 Å². The maximum Gasteiger partial charge on any atom is 0.313 e. The van der Waals surface area contributed by atoms with Crippen molar-refractivity contribution in [2.75, 3.05) is 40.9 Å². The topological polar surface area (TPSA) is 122 Å². The Bertz CT molecular complexity index is 707. The van der Waals surface area contributed by atoms with Crippen LogP contribution in [0.5, 0.6) is 0 Å². The number of Topliss-reactive ketones (excluding diaryl/α,β-unsaturated/α-hetero) is 1. The first-order chi connectivity index (χ1) is 19.3. The molecule has 0 radical (unpaired) electrons. The molecule has 0 fully saturated rings. The monoisotopic (exact) mass is 607 g/mol. The van der Waals surface area contributed by atoms with E-state index in [0.29, 0.717) is 24.1 Å². The smallest absolute Gasteiger partial charge is 0.313 e. The third kappa shape index (κ3) is 29.0. The van der Waals surface area contributed by atoms with Crippen LogP contribution < -0.4 is 4.89 Å². The largest absolute Gasteiger partial charge is 0.756 e. The first-order valence-electron chi connectivity index (χ1n) is 16.1. The predicted molar refractivity (Wildman–Crippen MR) is 162 cm³/mol. The molecule has 3 atom stereocenters. The molecule has 0 amide bonds. The minimum Gasteiger partial charge on any atom is -0.756 e. The first-order valence-corrected chi connectivity index (χ1v) is 17.6. The van der Waals surface area contributed by atoms with Gasteiger partial charge in [-0.05, 0) is 26.2 Å². The van der Waals surface area contributed by atoms with Gasteiger partial charge in [0.25, 0.3) is 7.82 Å². The van der Waals surface area contributed by atoms with Crippen molar-refractivity contribution < 1.29 is 42.4 Å². The highest BCUT2D eigenvalue weighted by Crippen LogP contribution is 2.35. The molecule has 41 heavy (non-hydrogen) atoms. The van der Waals surface area contributed by atoms with E-state index in [4.69, 9.17) is 14.0 Å². The summed E-state index contributed by atoms with van der Waals surface area (Å²) in [5.74, 6) is -1.10. The maximum absolute atomic E-state index is 12.1. The molecule has 0 aliphatic carbocycles. The van der Waals surface area contributed by atoms with E-state index in [1.165, 1.54) is 96.8 Å². The fourth-order valence-corrected chi connectivity index (χ4v) is 5.49. The molecule has 0 aromatic heterocycles. The number of ketones is 1. The van der Waals surface area contributed by atoms with Gasteiger partial charge in [0.2, 0.25) is 0 Å². The number of phosphoric acid groups is 1. The molecule has 0 heterocycles. The van der Waals surface area contributed by atoms with E-state index in [1.54, 1.807) is 0 Å². The quantitative estimate of drug-likeness (QED) is 0.0337. The SMILES string of the molecule is CCCCCCCCCCCCCCCCCCOCCCC(OP(=O)([O-])O)C(C[N+](C)(C)C)OC(=O)CC(C)=O. The Kier molecular flexibility index (Phi) is 24.1. The van der Waals surface area contributed by atoms with E-state index in [0.717, 1.165) is 12.8 Å². The number of likely N-dealkylation sites (N-methyl/N-ethyl adjacent to an activating group) is 1. The average molecular weight is 608 g/mol. The zero-order valence-electron chi connectivity index (χ0n) is 26.9. The second kappa shape index (κ2) is 24.6. The lowest BCUT2D eigenvalue weighted by Crippen LogP contribution is -2.48. The second-order valence-corrected chi connectivity index (χ2v) is 13.7. The van der Waals surface area contributed by atoms with Crippen LogP contribution in [0.4, 0.5) is 0 Å². The lowest BCUT2D eigenvalue weighted by Gasteiger charge is -2.34. The van der Waals surface area contributed by atoms with E-state index >= 15 is 0 Å². The number of carbonyl (C=O) groups excluding carboxylic acids is 2. The van der Waals surface area contributed by atoms with Gasteiger partial charge < -0.3 is 28.3 Å². The highest BCUT2D eigenvalue weighted by Gasteiger charge is 2.33. The number of nitrogens with zero attached hydrogens (tertiary/aromatic N) is 1. The molecule has 1 N–H and O–H groups in total. The number of rotatable bonds is 29. The van der Waals surface area contributed by atoms with Gasteiger partial charge in [-0.2, -0.15) is 0 Å². The van der Waals surface area contributed by atoms with Gasteiger partial charge >= 0.3 is 5.97 Å². The van der Waals surface area contributed by atoms with Crippen molar-refractivity contribution in [3.05, 3.63) is 0 Å². The molecular formula is C31H62NO8P. The third-order valence-corrected chi connectivity index (χ3v) is 7.54. The Morgan fingerprint density at radius 2 is 1.20 bits per heavy atom. The fourth-order valence-electron chi connectivity index (χ4n) is 4.90. The number of carbonyl (C=O) groups is 2. The molecule has 0 bridgehead atoms. The highest BCUT2D eigenvalue weighted by atomic mass is 31.2. The number of ether oxygens (including phenoxy) is 2. The van der Waals surface area contributed by atoms with Crippen LogP contribution in [0.1, 0.15) is 136 Å². The van der Waals surface area contributed by atoms with Gasteiger partial charge in [-0.3, -0.25) is 14.2 Å². The molecule has 244 valence electrons. The summed E-state index contributed by atoms with van der Waals surface area (Å²) < 4.78 is 28.0. The van der Waals surface area contributed by atoms with Crippen LogP contribution in [0.15, 0.2) is 0 Å². The fraction of sp³-hybridized carbons (Fsp3) is 0.935. The Hall–Kier alpha value is -0.830. The minimum absolute atomic E-state index is 0.212. The van der Waals surface area contributed by atoms with Crippen molar-refractivity contribution in [3.8, 4) is 0 Å². The third-order valence-electron chi connectivity index (χ3n) is 7.01. The summed E-state index contributed by atoms with van der Waals surface area (Å²) in [5, 5.41) is 0. The summed E-state index contributed by atoms with van der Waals surface area (Å²) in [7, 11) is 0.518. The van der Waals surface area contributed by atoms with Crippen molar-refractivity contribution in [2.45, 2.75) is 148 Å². The molecule has 0 aromatic carbocycles. The maximum atomic E-state index is 12.1. The van der Waals surface area contributed by atoms with Gasteiger partial charge in [0.15, 0.2) is 6.10 Å². The molecule has 0 rings (SSSR count). The van der Waals surface area contributed by atoms with Crippen molar-refractivity contribution >= 4 is 19.6 Å². The molecule has 3 unspecified atom stereocenters. The molecular weight excluding hydrogens is 545 g/mol. The highest BCUT2D eigenvalue weighted by molar-refractivity contribution is 7.44. The number of phosphoric ester groups is 1. The van der Waals surface area contributed by atoms with Crippen molar-refractivity contribution in [2.24, 2.45) is 0 Å². The Morgan fingerprint density at radius 3 is 1.61 bits per heavy atom. The van der Waals surface area contributed by atoms with E-state index < -0.39 is 32.4 Å². The first kappa shape index (κ1) is 40.2. The molecule has 0 aliphatic rings. The van der Waals surface area contributed by atoms with Crippen molar-refractivity contribution in [1.82, 2.24) is 0 Å². The van der Waals surface area contributed by atoms with Crippen LogP contribution in [-0.4, -0.2) is 74.2 Å². The lowest BCUT2D eigenvalue weighted by atomic mass is 10.0. The van der Waals surface area contributed by atoms with Gasteiger partial charge in [-0.25, -0.2) is 0 Å². The lowest BCUT2D eigenvalue weighted by molar-refractivity contribution is -0.873. The predicted octanol–water partition coefficient (Wildman–Crippen LogP) is 6.49. The zero-order chi connectivity index (χ0) is 31.0. The molecule has 0 saturated heterocycles. The van der Waals surface area contributed by atoms with Crippen LogP contribution in [0, 0.1) is 0 Å². The van der Waals surface area contributed by atoms with E-state index in [1.807, 2.05) is 21.1 Å². The van der Waals surface area contributed by atoms with E-state index in [-0.39, 0.29) is 18.7 Å². The van der Waals surface area contributed by atoms with Crippen LogP contribution in [-0.2, 0) is 28.2 Å². The number of esters is 1. The van der Waals surface area contributed by atoms with E-state index in [2.05, 4.69) is 6.92 Å². The summed E-state index contributed by atoms with van der Waals surface area (Å²) >= 11 is 0. The molecule has 0 aliphatic heterocycles. The molecule has 0 spiro atoms. The molecule has 10 heteroatoms. The minimum atomic E-state index is -5.06.